The van der Waals surface area contributed by atoms with Gasteiger partial charge in [-0.2, -0.15) is 0 Å². The summed E-state index contributed by atoms with van der Waals surface area (Å²) in [6, 6.07) is 5.32. The van der Waals surface area contributed by atoms with Gasteiger partial charge in [-0.1, -0.05) is 6.92 Å². The Morgan fingerprint density at radius 1 is 1.24 bits per heavy atom. The Morgan fingerprint density at radius 3 is 2.38 bits per heavy atom. The standard InChI is InChI=1S/C13H15F3N4O/c1-2-3-10-19-11(12(17)20(10)18)8-4-6-9(7-5-8)21-13(14,15)16/h4-7H,2-3,17-18H2,1H3. The topological polar surface area (TPSA) is 79.1 Å². The second kappa shape index (κ2) is 5.55. The number of benzene rings is 1. The predicted octanol–water partition coefficient (Wildman–Crippen LogP) is 2.70. The third-order valence-electron chi connectivity index (χ3n) is 2.86. The average molecular weight is 300 g/mol. The zero-order valence-electron chi connectivity index (χ0n) is 11.3. The van der Waals surface area contributed by atoms with E-state index in [2.05, 4.69) is 9.72 Å². The van der Waals surface area contributed by atoms with Crippen molar-refractivity contribution in [2.45, 2.75) is 26.1 Å². The van der Waals surface area contributed by atoms with Crippen molar-refractivity contribution in [1.29, 1.82) is 0 Å². The zero-order chi connectivity index (χ0) is 15.6. The third-order valence-corrected chi connectivity index (χ3v) is 2.86. The van der Waals surface area contributed by atoms with Crippen LogP contribution in [0.1, 0.15) is 19.2 Å². The number of nitrogen functional groups attached to an aromatic ring is 2. The Bertz CT molecular complexity index is 620. The van der Waals surface area contributed by atoms with Crippen molar-refractivity contribution in [2.24, 2.45) is 0 Å². The van der Waals surface area contributed by atoms with Crippen molar-refractivity contribution in [2.75, 3.05) is 11.6 Å². The lowest BCUT2D eigenvalue weighted by Gasteiger charge is -2.08. The Hall–Kier alpha value is -2.38. The molecule has 0 spiro atoms. The fourth-order valence-electron chi connectivity index (χ4n) is 1.92. The van der Waals surface area contributed by atoms with Gasteiger partial charge in [-0.15, -0.1) is 13.2 Å². The molecule has 0 atom stereocenters. The van der Waals surface area contributed by atoms with Crippen molar-refractivity contribution in [3.8, 4) is 17.0 Å². The highest BCUT2D eigenvalue weighted by atomic mass is 19.4. The summed E-state index contributed by atoms with van der Waals surface area (Å²) in [5.74, 6) is 6.39. The molecule has 8 heteroatoms. The first-order chi connectivity index (χ1) is 9.81. The highest BCUT2D eigenvalue weighted by Gasteiger charge is 2.31. The van der Waals surface area contributed by atoms with Crippen LogP contribution in [0, 0.1) is 0 Å². The lowest BCUT2D eigenvalue weighted by atomic mass is 10.1. The summed E-state index contributed by atoms with van der Waals surface area (Å²) in [5.41, 5.74) is 6.89. The first kappa shape index (κ1) is 15.0. The van der Waals surface area contributed by atoms with Crippen molar-refractivity contribution < 1.29 is 17.9 Å². The van der Waals surface area contributed by atoms with Crippen molar-refractivity contribution in [3.63, 3.8) is 0 Å². The minimum Gasteiger partial charge on any atom is -0.406 e. The van der Waals surface area contributed by atoms with Crippen molar-refractivity contribution in [1.82, 2.24) is 9.66 Å². The molecule has 114 valence electrons. The van der Waals surface area contributed by atoms with Crippen molar-refractivity contribution in [3.05, 3.63) is 30.1 Å². The Kier molecular flexibility index (Phi) is 3.97. The molecule has 2 aromatic rings. The molecule has 1 aromatic carbocycles. The SMILES string of the molecule is CCCc1nc(-c2ccc(OC(F)(F)F)cc2)c(N)n1N. The summed E-state index contributed by atoms with van der Waals surface area (Å²) in [7, 11) is 0. The van der Waals surface area contributed by atoms with Crippen LogP contribution in [-0.2, 0) is 6.42 Å². The number of anilines is 1. The van der Waals surface area contributed by atoms with Gasteiger partial charge in [0.2, 0.25) is 0 Å². The van der Waals surface area contributed by atoms with Gasteiger partial charge in [-0.25, -0.2) is 9.66 Å². The second-order valence-corrected chi connectivity index (χ2v) is 4.45. The van der Waals surface area contributed by atoms with E-state index < -0.39 is 6.36 Å². The van der Waals surface area contributed by atoms with E-state index in [1.165, 1.54) is 28.9 Å². The van der Waals surface area contributed by atoms with Crippen LogP contribution in [-0.4, -0.2) is 16.0 Å². The van der Waals surface area contributed by atoms with Crippen LogP contribution in [0.2, 0.25) is 0 Å². The summed E-state index contributed by atoms with van der Waals surface area (Å²) in [4.78, 5) is 4.32. The van der Waals surface area contributed by atoms with E-state index in [0.717, 1.165) is 6.42 Å². The molecule has 0 radical (unpaired) electrons. The molecule has 0 unspecified atom stereocenters. The summed E-state index contributed by atoms with van der Waals surface area (Å²) < 4.78 is 41.4. The predicted molar refractivity (Wildman–Crippen MR) is 72.9 cm³/mol. The van der Waals surface area contributed by atoms with Crippen LogP contribution in [0.15, 0.2) is 24.3 Å². The highest BCUT2D eigenvalue weighted by Crippen LogP contribution is 2.29. The lowest BCUT2D eigenvalue weighted by Crippen LogP contribution is -2.17. The normalized spacial score (nSPS) is 11.6. The number of rotatable bonds is 4. The van der Waals surface area contributed by atoms with Gasteiger partial charge in [-0.3, -0.25) is 0 Å². The Morgan fingerprint density at radius 2 is 1.86 bits per heavy atom. The van der Waals surface area contributed by atoms with Crippen LogP contribution in [0.4, 0.5) is 19.0 Å². The largest absolute Gasteiger partial charge is 0.573 e. The summed E-state index contributed by atoms with van der Waals surface area (Å²) in [6.07, 6.45) is -3.20. The first-order valence-electron chi connectivity index (χ1n) is 6.30. The number of halogens is 3. The summed E-state index contributed by atoms with van der Waals surface area (Å²) in [6.45, 7) is 1.98. The smallest absolute Gasteiger partial charge is 0.406 e. The molecule has 4 N–H and O–H groups in total. The fourth-order valence-corrected chi connectivity index (χ4v) is 1.92. The van der Waals surface area contributed by atoms with Crippen LogP contribution < -0.4 is 16.3 Å². The maximum atomic E-state index is 12.1. The van der Waals surface area contributed by atoms with Gasteiger partial charge in [0.15, 0.2) is 5.82 Å². The highest BCUT2D eigenvalue weighted by molar-refractivity contribution is 5.71. The van der Waals surface area contributed by atoms with Gasteiger partial charge in [0, 0.05) is 12.0 Å². The molecule has 0 bridgehead atoms. The maximum Gasteiger partial charge on any atom is 0.573 e. The van der Waals surface area contributed by atoms with E-state index in [0.29, 0.717) is 23.5 Å². The molecule has 1 aromatic heterocycles. The molecule has 0 fully saturated rings. The number of hydrogen-bond donors (Lipinski definition) is 2. The maximum absolute atomic E-state index is 12.1. The molecule has 1 heterocycles. The van der Waals surface area contributed by atoms with E-state index in [4.69, 9.17) is 11.6 Å². The molecule has 0 aliphatic rings. The number of hydrogen-bond acceptors (Lipinski definition) is 4. The number of aromatic nitrogens is 2. The number of nitrogens with two attached hydrogens (primary N) is 2. The lowest BCUT2D eigenvalue weighted by molar-refractivity contribution is -0.274. The van der Waals surface area contributed by atoms with Gasteiger partial charge in [0.25, 0.3) is 0 Å². The van der Waals surface area contributed by atoms with Gasteiger partial charge < -0.3 is 16.3 Å². The number of aryl methyl sites for hydroxylation is 1. The molecule has 5 nitrogen and oxygen atoms in total. The van der Waals surface area contributed by atoms with Crippen molar-refractivity contribution >= 4 is 5.82 Å². The van der Waals surface area contributed by atoms with Crippen LogP contribution in [0.25, 0.3) is 11.3 Å². The molecule has 0 aliphatic heterocycles. The molecule has 0 amide bonds. The third kappa shape index (κ3) is 3.39. The second-order valence-electron chi connectivity index (χ2n) is 4.45. The van der Waals surface area contributed by atoms with E-state index in [1.54, 1.807) is 0 Å². The molecule has 0 saturated heterocycles. The molecular weight excluding hydrogens is 285 g/mol. The van der Waals surface area contributed by atoms with Gasteiger partial charge >= 0.3 is 6.36 Å². The Balaban J connectivity index is 2.29. The Labute approximate surface area is 119 Å². The van der Waals surface area contributed by atoms with E-state index >= 15 is 0 Å². The van der Waals surface area contributed by atoms with Crippen LogP contribution in [0.3, 0.4) is 0 Å². The first-order valence-corrected chi connectivity index (χ1v) is 6.30. The molecule has 2 rings (SSSR count). The minimum atomic E-state index is -4.71. The minimum absolute atomic E-state index is 0.267. The summed E-state index contributed by atoms with van der Waals surface area (Å²) in [5, 5.41) is 0. The van der Waals surface area contributed by atoms with Gasteiger partial charge in [0.1, 0.15) is 17.3 Å². The molecule has 0 saturated carbocycles. The zero-order valence-corrected chi connectivity index (χ0v) is 11.3. The fraction of sp³-hybridized carbons (Fsp3) is 0.308. The molecular formula is C13H15F3N4O. The molecule has 0 aliphatic carbocycles. The van der Waals surface area contributed by atoms with E-state index in [1.807, 2.05) is 6.92 Å². The molecule has 21 heavy (non-hydrogen) atoms. The monoisotopic (exact) mass is 300 g/mol. The van der Waals surface area contributed by atoms with Crippen LogP contribution in [0.5, 0.6) is 5.75 Å². The quantitative estimate of drug-likeness (QED) is 0.851. The van der Waals surface area contributed by atoms with Crippen LogP contribution >= 0.6 is 0 Å². The number of ether oxygens (including phenoxy) is 1. The number of imidazole rings is 1. The average Bonchev–Trinajstić information content (AvgIpc) is 2.67. The number of alkyl halides is 3. The van der Waals surface area contributed by atoms with E-state index in [-0.39, 0.29) is 11.6 Å². The van der Waals surface area contributed by atoms with E-state index in [9.17, 15) is 13.2 Å². The number of nitrogens with zero attached hydrogens (tertiary/aromatic N) is 2. The van der Waals surface area contributed by atoms with Gasteiger partial charge in [0.05, 0.1) is 0 Å². The van der Waals surface area contributed by atoms with Gasteiger partial charge in [-0.05, 0) is 30.7 Å². The summed E-state index contributed by atoms with van der Waals surface area (Å²) >= 11 is 0.